The molecule has 29 heavy (non-hydrogen) atoms. The lowest BCUT2D eigenvalue weighted by molar-refractivity contribution is -0.140. The molecule has 0 fully saturated rings. The van der Waals surface area contributed by atoms with Crippen molar-refractivity contribution >= 4 is 30.1 Å². The van der Waals surface area contributed by atoms with Gasteiger partial charge in [-0.05, 0) is 35.4 Å². The SMILES string of the molecule is O=C(O)COc1ccc(/C=C/c2cc(OCC(=O)O)cc(OCC(=O)O)c2)cc1. The van der Waals surface area contributed by atoms with Gasteiger partial charge in [-0.3, -0.25) is 0 Å². The molecule has 0 saturated carbocycles. The van der Waals surface area contributed by atoms with Crippen LogP contribution in [-0.4, -0.2) is 53.0 Å². The van der Waals surface area contributed by atoms with Crippen LogP contribution < -0.4 is 14.2 Å². The van der Waals surface area contributed by atoms with Crippen LogP contribution in [0, 0.1) is 0 Å². The molecule has 0 aliphatic carbocycles. The molecule has 0 spiro atoms. The van der Waals surface area contributed by atoms with Crippen molar-refractivity contribution in [1.29, 1.82) is 0 Å². The Labute approximate surface area is 165 Å². The molecule has 2 aromatic carbocycles. The first-order valence-electron chi connectivity index (χ1n) is 8.29. The van der Waals surface area contributed by atoms with E-state index in [9.17, 15) is 14.4 Å². The van der Waals surface area contributed by atoms with Gasteiger partial charge in [0.05, 0.1) is 0 Å². The van der Waals surface area contributed by atoms with E-state index in [1.165, 1.54) is 6.07 Å². The summed E-state index contributed by atoms with van der Waals surface area (Å²) in [5.41, 5.74) is 1.39. The summed E-state index contributed by atoms with van der Waals surface area (Å²) in [6.07, 6.45) is 3.45. The Morgan fingerprint density at radius 3 is 1.48 bits per heavy atom. The van der Waals surface area contributed by atoms with Gasteiger partial charge in [0.2, 0.25) is 0 Å². The van der Waals surface area contributed by atoms with Crippen LogP contribution in [0.25, 0.3) is 12.2 Å². The van der Waals surface area contributed by atoms with Crippen molar-refractivity contribution in [1.82, 2.24) is 0 Å². The summed E-state index contributed by atoms with van der Waals surface area (Å²) in [4.78, 5) is 31.9. The Kier molecular flexibility index (Phi) is 7.60. The molecule has 9 nitrogen and oxygen atoms in total. The van der Waals surface area contributed by atoms with Gasteiger partial charge in [-0.25, -0.2) is 14.4 Å². The maximum absolute atomic E-state index is 10.7. The number of hydrogen-bond acceptors (Lipinski definition) is 6. The highest BCUT2D eigenvalue weighted by atomic mass is 16.5. The standard InChI is InChI=1S/C20H18O9/c21-18(22)10-27-15-5-3-13(4-6-15)1-2-14-7-16(28-11-19(23)24)9-17(8-14)29-12-20(25)26/h1-9H,10-12H2,(H,21,22)(H,23,24)(H,25,26)/b2-1+. The molecule has 0 radical (unpaired) electrons. The quantitative estimate of drug-likeness (QED) is 0.483. The summed E-state index contributed by atoms with van der Waals surface area (Å²) in [7, 11) is 0. The zero-order valence-corrected chi connectivity index (χ0v) is 15.1. The van der Waals surface area contributed by atoms with Gasteiger partial charge in [0, 0.05) is 6.07 Å². The van der Waals surface area contributed by atoms with Gasteiger partial charge in [0.25, 0.3) is 0 Å². The Morgan fingerprint density at radius 2 is 1.03 bits per heavy atom. The Balaban J connectivity index is 2.14. The number of hydrogen-bond donors (Lipinski definition) is 3. The smallest absolute Gasteiger partial charge is 0.341 e. The van der Waals surface area contributed by atoms with Crippen molar-refractivity contribution in [2.24, 2.45) is 0 Å². The molecule has 2 rings (SSSR count). The van der Waals surface area contributed by atoms with E-state index in [2.05, 4.69) is 0 Å². The molecule has 0 saturated heterocycles. The van der Waals surface area contributed by atoms with Crippen LogP contribution in [-0.2, 0) is 14.4 Å². The van der Waals surface area contributed by atoms with E-state index < -0.39 is 37.7 Å². The third-order valence-electron chi connectivity index (χ3n) is 3.34. The summed E-state index contributed by atoms with van der Waals surface area (Å²) >= 11 is 0. The van der Waals surface area contributed by atoms with E-state index in [1.54, 1.807) is 48.6 Å². The molecule has 0 aromatic heterocycles. The zero-order chi connectivity index (χ0) is 21.2. The van der Waals surface area contributed by atoms with E-state index in [4.69, 9.17) is 29.5 Å². The summed E-state index contributed by atoms with van der Waals surface area (Å²) in [6, 6.07) is 11.3. The molecule has 2 aromatic rings. The van der Waals surface area contributed by atoms with Crippen molar-refractivity contribution in [2.75, 3.05) is 19.8 Å². The highest BCUT2D eigenvalue weighted by Crippen LogP contribution is 2.25. The lowest BCUT2D eigenvalue weighted by Gasteiger charge is -2.09. The Morgan fingerprint density at radius 1 is 0.621 bits per heavy atom. The second kappa shape index (κ2) is 10.4. The molecule has 0 unspecified atom stereocenters. The third kappa shape index (κ3) is 8.04. The van der Waals surface area contributed by atoms with Crippen LogP contribution in [0.5, 0.6) is 17.2 Å². The highest BCUT2D eigenvalue weighted by Gasteiger charge is 2.06. The van der Waals surface area contributed by atoms with E-state index in [1.807, 2.05) is 0 Å². The lowest BCUT2D eigenvalue weighted by atomic mass is 10.1. The van der Waals surface area contributed by atoms with Crippen LogP contribution in [0.1, 0.15) is 11.1 Å². The first-order chi connectivity index (χ1) is 13.8. The lowest BCUT2D eigenvalue weighted by Crippen LogP contribution is -2.11. The molecular formula is C20H18O9. The van der Waals surface area contributed by atoms with Crippen LogP contribution in [0.2, 0.25) is 0 Å². The van der Waals surface area contributed by atoms with E-state index in [0.717, 1.165) is 5.56 Å². The van der Waals surface area contributed by atoms with E-state index >= 15 is 0 Å². The van der Waals surface area contributed by atoms with Gasteiger partial charge in [-0.2, -0.15) is 0 Å². The van der Waals surface area contributed by atoms with Crippen molar-refractivity contribution < 1.29 is 43.9 Å². The van der Waals surface area contributed by atoms with Gasteiger partial charge in [0.15, 0.2) is 19.8 Å². The topological polar surface area (TPSA) is 140 Å². The third-order valence-corrected chi connectivity index (χ3v) is 3.34. The van der Waals surface area contributed by atoms with Gasteiger partial charge in [-0.1, -0.05) is 24.3 Å². The Hall–Kier alpha value is -4.01. The maximum atomic E-state index is 10.7. The maximum Gasteiger partial charge on any atom is 0.341 e. The molecule has 0 amide bonds. The normalized spacial score (nSPS) is 10.5. The average Bonchev–Trinajstić information content (AvgIpc) is 2.68. The minimum absolute atomic E-state index is 0.215. The molecule has 0 atom stereocenters. The summed E-state index contributed by atoms with van der Waals surface area (Å²) in [6.45, 7) is -1.54. The second-order valence-electron chi connectivity index (χ2n) is 5.69. The number of rotatable bonds is 11. The Bertz CT molecular complexity index is 864. The predicted molar refractivity (Wildman–Crippen MR) is 101 cm³/mol. The molecule has 152 valence electrons. The van der Waals surface area contributed by atoms with Crippen molar-refractivity contribution in [3.63, 3.8) is 0 Å². The van der Waals surface area contributed by atoms with Gasteiger partial charge >= 0.3 is 17.9 Å². The first kappa shape index (κ1) is 21.3. The number of ether oxygens (including phenoxy) is 3. The minimum atomic E-state index is -1.15. The molecule has 3 N–H and O–H groups in total. The summed E-state index contributed by atoms with van der Waals surface area (Å²) in [5.74, 6) is -2.52. The van der Waals surface area contributed by atoms with Crippen molar-refractivity contribution in [3.8, 4) is 17.2 Å². The minimum Gasteiger partial charge on any atom is -0.482 e. The molecule has 0 heterocycles. The van der Waals surface area contributed by atoms with E-state index in [-0.39, 0.29) is 11.5 Å². The van der Waals surface area contributed by atoms with Crippen molar-refractivity contribution in [3.05, 3.63) is 53.6 Å². The van der Waals surface area contributed by atoms with Crippen LogP contribution in [0.4, 0.5) is 0 Å². The van der Waals surface area contributed by atoms with Crippen LogP contribution >= 0.6 is 0 Å². The zero-order valence-electron chi connectivity index (χ0n) is 15.1. The van der Waals surface area contributed by atoms with Gasteiger partial charge < -0.3 is 29.5 Å². The fourth-order valence-corrected chi connectivity index (χ4v) is 2.16. The molecular weight excluding hydrogens is 384 g/mol. The molecule has 9 heteroatoms. The van der Waals surface area contributed by atoms with Crippen LogP contribution in [0.3, 0.4) is 0 Å². The largest absolute Gasteiger partial charge is 0.482 e. The van der Waals surface area contributed by atoms with Crippen LogP contribution in [0.15, 0.2) is 42.5 Å². The second-order valence-corrected chi connectivity index (χ2v) is 5.69. The molecule has 0 aliphatic heterocycles. The first-order valence-corrected chi connectivity index (χ1v) is 8.29. The average molecular weight is 402 g/mol. The van der Waals surface area contributed by atoms with Crippen molar-refractivity contribution in [2.45, 2.75) is 0 Å². The highest BCUT2D eigenvalue weighted by molar-refractivity contribution is 5.72. The fourth-order valence-electron chi connectivity index (χ4n) is 2.16. The summed E-state index contributed by atoms with van der Waals surface area (Å²) < 4.78 is 15.3. The number of carbonyl (C=O) groups is 3. The molecule has 0 bridgehead atoms. The van der Waals surface area contributed by atoms with E-state index in [0.29, 0.717) is 11.3 Å². The fraction of sp³-hybridized carbons (Fsp3) is 0.150. The van der Waals surface area contributed by atoms with Gasteiger partial charge in [-0.15, -0.1) is 0 Å². The summed E-state index contributed by atoms with van der Waals surface area (Å²) in [5, 5.41) is 26.1. The predicted octanol–water partition coefficient (Wildman–Crippen LogP) is 2.25. The number of benzene rings is 2. The monoisotopic (exact) mass is 402 g/mol. The number of aliphatic carboxylic acids is 3. The van der Waals surface area contributed by atoms with Gasteiger partial charge in [0.1, 0.15) is 17.2 Å². The molecule has 0 aliphatic rings. The number of carboxylic acid groups (broad SMARTS) is 3. The number of carboxylic acids is 3.